The topological polar surface area (TPSA) is 97.9 Å². The van der Waals surface area contributed by atoms with Gasteiger partial charge in [-0.15, -0.1) is 0 Å². The van der Waals surface area contributed by atoms with Gasteiger partial charge in [0.25, 0.3) is 5.91 Å². The summed E-state index contributed by atoms with van der Waals surface area (Å²) in [5.74, 6) is 6.41. The normalized spacial score (nSPS) is 11.6. The zero-order valence-electron chi connectivity index (χ0n) is 21.3. The number of amides is 2. The van der Waals surface area contributed by atoms with Crippen LogP contribution < -0.4 is 20.7 Å². The van der Waals surface area contributed by atoms with E-state index in [1.807, 2.05) is 26.2 Å². The molecule has 0 aromatic heterocycles. The van der Waals surface area contributed by atoms with Crippen LogP contribution in [0.1, 0.15) is 38.1 Å². The summed E-state index contributed by atoms with van der Waals surface area (Å²) in [6, 6.07) is 7.46. The number of rotatable bonds is 17. The molecule has 2 amide bonds. The minimum atomic E-state index is -0.228. The van der Waals surface area contributed by atoms with Crippen LogP contribution in [-0.2, 0) is 14.3 Å². The fourth-order valence-electron chi connectivity index (χ4n) is 2.59. The molecular formula is C25H39N3O5S2. The number of benzene rings is 1. The van der Waals surface area contributed by atoms with E-state index in [2.05, 4.69) is 41.6 Å². The minimum absolute atomic E-state index is 0.0358. The highest BCUT2D eigenvalue weighted by Gasteiger charge is 2.12. The van der Waals surface area contributed by atoms with Crippen molar-refractivity contribution >= 4 is 33.4 Å². The Morgan fingerprint density at radius 3 is 2.60 bits per heavy atom. The second-order valence-electron chi connectivity index (χ2n) is 8.07. The molecule has 0 aliphatic heterocycles. The van der Waals surface area contributed by atoms with Gasteiger partial charge in [-0.1, -0.05) is 67.2 Å². The molecular weight excluding hydrogens is 486 g/mol. The molecule has 10 heteroatoms. The molecule has 0 spiro atoms. The van der Waals surface area contributed by atoms with Crippen LogP contribution in [0.4, 0.5) is 0 Å². The van der Waals surface area contributed by atoms with Crippen LogP contribution in [0.3, 0.4) is 0 Å². The average Bonchev–Trinajstić information content (AvgIpc) is 2.82. The summed E-state index contributed by atoms with van der Waals surface area (Å²) >= 11 is 0. The maximum atomic E-state index is 12.4. The summed E-state index contributed by atoms with van der Waals surface area (Å²) in [6.07, 6.45) is 1.96. The summed E-state index contributed by atoms with van der Waals surface area (Å²) in [6.45, 7) is 10.6. The molecule has 0 aliphatic carbocycles. The number of hydrogen-bond acceptors (Lipinski definition) is 8. The van der Waals surface area contributed by atoms with Gasteiger partial charge >= 0.3 is 0 Å². The Labute approximate surface area is 217 Å². The van der Waals surface area contributed by atoms with Crippen LogP contribution in [0.15, 0.2) is 24.3 Å². The fraction of sp³-hybridized carbons (Fsp3) is 0.600. The van der Waals surface area contributed by atoms with Crippen molar-refractivity contribution in [3.05, 3.63) is 29.8 Å². The van der Waals surface area contributed by atoms with Crippen molar-refractivity contribution in [2.24, 2.45) is 5.92 Å². The molecule has 196 valence electrons. The Bertz CT molecular complexity index is 812. The van der Waals surface area contributed by atoms with E-state index in [0.717, 1.165) is 0 Å². The lowest BCUT2D eigenvalue weighted by atomic mass is 10.2. The van der Waals surface area contributed by atoms with E-state index in [1.54, 1.807) is 29.0 Å². The zero-order valence-corrected chi connectivity index (χ0v) is 23.0. The van der Waals surface area contributed by atoms with Crippen molar-refractivity contribution in [3.8, 4) is 17.6 Å². The van der Waals surface area contributed by atoms with Gasteiger partial charge in [0.15, 0.2) is 0 Å². The van der Waals surface area contributed by atoms with Gasteiger partial charge in [-0.25, -0.2) is 0 Å². The first-order valence-corrected chi connectivity index (χ1v) is 14.3. The first-order valence-electron chi connectivity index (χ1n) is 11.7. The Hall–Kier alpha value is -1.90. The predicted octanol–water partition coefficient (Wildman–Crippen LogP) is 2.94. The second kappa shape index (κ2) is 19.3. The van der Waals surface area contributed by atoms with Crippen molar-refractivity contribution < 1.29 is 23.8 Å². The molecule has 1 unspecified atom stereocenters. The molecule has 0 bridgehead atoms. The summed E-state index contributed by atoms with van der Waals surface area (Å²) < 4.78 is 17.1. The lowest BCUT2D eigenvalue weighted by molar-refractivity contribution is -0.126. The molecule has 0 saturated carbocycles. The Kier molecular flexibility index (Phi) is 17.2. The molecule has 1 aromatic carbocycles. The van der Waals surface area contributed by atoms with E-state index in [1.165, 1.54) is 10.8 Å². The molecule has 1 atom stereocenters. The van der Waals surface area contributed by atoms with Crippen molar-refractivity contribution in [1.29, 1.82) is 0 Å². The predicted molar refractivity (Wildman–Crippen MR) is 145 cm³/mol. The molecule has 1 aromatic rings. The lowest BCUT2D eigenvalue weighted by Gasteiger charge is -2.17. The van der Waals surface area contributed by atoms with Crippen molar-refractivity contribution in [1.82, 2.24) is 16.0 Å². The number of hydrogen-bond donors (Lipinski definition) is 3. The summed E-state index contributed by atoms with van der Waals surface area (Å²) in [4.78, 5) is 24.1. The van der Waals surface area contributed by atoms with Crippen LogP contribution in [0, 0.1) is 17.8 Å². The van der Waals surface area contributed by atoms with E-state index in [9.17, 15) is 9.59 Å². The van der Waals surface area contributed by atoms with E-state index in [0.29, 0.717) is 50.2 Å². The monoisotopic (exact) mass is 525 g/mol. The highest BCUT2D eigenvalue weighted by molar-refractivity contribution is 8.76. The largest absolute Gasteiger partial charge is 0.490 e. The van der Waals surface area contributed by atoms with Crippen molar-refractivity contribution in [2.75, 3.05) is 52.3 Å². The quantitative estimate of drug-likeness (QED) is 0.124. The Balaban J connectivity index is 2.34. The first-order chi connectivity index (χ1) is 16.8. The van der Waals surface area contributed by atoms with Crippen molar-refractivity contribution in [3.63, 3.8) is 0 Å². The minimum Gasteiger partial charge on any atom is -0.490 e. The fourth-order valence-corrected chi connectivity index (χ4v) is 4.06. The smallest absolute Gasteiger partial charge is 0.251 e. The molecule has 3 N–H and O–H groups in total. The summed E-state index contributed by atoms with van der Waals surface area (Å²) in [5.41, 5.74) is 0.317. The maximum absolute atomic E-state index is 12.4. The second-order valence-corrected chi connectivity index (χ2v) is 10.7. The summed E-state index contributed by atoms with van der Waals surface area (Å²) in [5, 5.41) is 8.85. The van der Waals surface area contributed by atoms with Crippen LogP contribution in [0.25, 0.3) is 0 Å². The number of nitrogens with one attached hydrogen (secondary N) is 3. The van der Waals surface area contributed by atoms with Crippen LogP contribution in [-0.4, -0.2) is 75.6 Å². The van der Waals surface area contributed by atoms with E-state index in [4.69, 9.17) is 14.2 Å². The molecule has 1 rings (SSSR count). The SMILES string of the molecule is CSSC(COc1cccc(C(=O)NCCNC(C)C)c1)OCCOCC(=O)NCC#CC(C)C. The van der Waals surface area contributed by atoms with Gasteiger partial charge < -0.3 is 30.2 Å². The molecule has 0 radical (unpaired) electrons. The summed E-state index contributed by atoms with van der Waals surface area (Å²) in [7, 11) is 3.11. The third-order valence-electron chi connectivity index (χ3n) is 4.18. The lowest BCUT2D eigenvalue weighted by Crippen LogP contribution is -2.34. The molecule has 0 heterocycles. The van der Waals surface area contributed by atoms with E-state index < -0.39 is 0 Å². The van der Waals surface area contributed by atoms with Gasteiger partial charge in [0.2, 0.25) is 5.91 Å². The third-order valence-corrected chi connectivity index (χ3v) is 6.08. The average molecular weight is 526 g/mol. The Morgan fingerprint density at radius 1 is 1.09 bits per heavy atom. The number of carbonyl (C=O) groups is 2. The van der Waals surface area contributed by atoms with Crippen molar-refractivity contribution in [2.45, 2.75) is 39.2 Å². The molecule has 0 fully saturated rings. The van der Waals surface area contributed by atoms with Gasteiger partial charge in [-0.05, 0) is 24.5 Å². The zero-order chi connectivity index (χ0) is 25.9. The number of ether oxygens (including phenoxy) is 3. The highest BCUT2D eigenvalue weighted by Crippen LogP contribution is 2.25. The molecule has 0 saturated heterocycles. The Morgan fingerprint density at radius 2 is 1.89 bits per heavy atom. The van der Waals surface area contributed by atoms with E-state index >= 15 is 0 Å². The first kappa shape index (κ1) is 31.1. The third kappa shape index (κ3) is 16.4. The highest BCUT2D eigenvalue weighted by atomic mass is 33.1. The van der Waals surface area contributed by atoms with E-state index in [-0.39, 0.29) is 36.4 Å². The van der Waals surface area contributed by atoms with Gasteiger partial charge in [0, 0.05) is 30.6 Å². The standard InChI is InChI=1S/C25H39N3O5S2/c1-19(2)8-7-11-27-23(29)17-31-14-15-32-24(35-34-5)18-33-22-10-6-9-21(16-22)25(30)28-13-12-26-20(3)4/h6,9-10,16,19-20,24,26H,11-15,17-18H2,1-5H3,(H,27,29)(H,28,30). The van der Waals surface area contributed by atoms with Gasteiger partial charge in [-0.3, -0.25) is 9.59 Å². The van der Waals surface area contributed by atoms with Gasteiger partial charge in [0.05, 0.1) is 19.8 Å². The molecule has 8 nitrogen and oxygen atoms in total. The van der Waals surface area contributed by atoms with Crippen LogP contribution in [0.5, 0.6) is 5.75 Å². The molecule has 35 heavy (non-hydrogen) atoms. The number of carbonyl (C=O) groups excluding carboxylic acids is 2. The van der Waals surface area contributed by atoms with Gasteiger partial charge in [0.1, 0.15) is 24.4 Å². The molecule has 0 aliphatic rings. The van der Waals surface area contributed by atoms with Crippen LogP contribution >= 0.6 is 21.6 Å². The van der Waals surface area contributed by atoms with Crippen LogP contribution in [0.2, 0.25) is 0 Å². The maximum Gasteiger partial charge on any atom is 0.251 e. The van der Waals surface area contributed by atoms with Gasteiger partial charge in [-0.2, -0.15) is 0 Å².